The van der Waals surface area contributed by atoms with Gasteiger partial charge in [0.25, 0.3) is 5.91 Å². The Morgan fingerprint density at radius 1 is 1.06 bits per heavy atom. The van der Waals surface area contributed by atoms with Crippen LogP contribution in [0.25, 0.3) is 10.9 Å². The van der Waals surface area contributed by atoms with Crippen molar-refractivity contribution in [3.05, 3.63) is 82.8 Å². The van der Waals surface area contributed by atoms with Crippen molar-refractivity contribution >= 4 is 16.8 Å². The van der Waals surface area contributed by atoms with Gasteiger partial charge in [-0.15, -0.1) is 0 Å². The van der Waals surface area contributed by atoms with Crippen molar-refractivity contribution in [2.75, 3.05) is 6.79 Å². The molecule has 2 aromatic carbocycles. The van der Waals surface area contributed by atoms with Crippen LogP contribution >= 0.6 is 0 Å². The number of hydrogen-bond donors (Lipinski definition) is 0. The fraction of sp³-hybridized carbons (Fsp3) is 0.240. The van der Waals surface area contributed by atoms with Gasteiger partial charge in [0.2, 0.25) is 6.79 Å². The van der Waals surface area contributed by atoms with Gasteiger partial charge in [-0.05, 0) is 55.8 Å². The number of nitrogens with zero attached hydrogens (tertiary/aromatic N) is 4. The van der Waals surface area contributed by atoms with Gasteiger partial charge < -0.3 is 14.4 Å². The molecule has 7 heteroatoms. The predicted octanol–water partition coefficient (Wildman–Crippen LogP) is 4.16. The van der Waals surface area contributed by atoms with E-state index in [0.29, 0.717) is 24.4 Å². The smallest absolute Gasteiger partial charge is 0.254 e. The summed E-state index contributed by atoms with van der Waals surface area (Å²) in [5, 5.41) is 5.46. The van der Waals surface area contributed by atoms with E-state index in [1.165, 1.54) is 0 Å². The lowest BCUT2D eigenvalue weighted by atomic mass is 10.1. The van der Waals surface area contributed by atoms with Gasteiger partial charge in [-0.3, -0.25) is 14.5 Å². The number of carbonyl (C=O) groups is 1. The number of rotatable bonds is 5. The quantitative estimate of drug-likeness (QED) is 0.478. The Hall–Kier alpha value is -3.87. The van der Waals surface area contributed by atoms with E-state index < -0.39 is 0 Å². The van der Waals surface area contributed by atoms with Crippen molar-refractivity contribution < 1.29 is 14.3 Å². The molecule has 0 fully saturated rings. The van der Waals surface area contributed by atoms with E-state index in [1.54, 1.807) is 6.20 Å². The maximum Gasteiger partial charge on any atom is 0.254 e. The molecular formula is C25H24N4O3. The highest BCUT2D eigenvalue weighted by molar-refractivity contribution is 5.98. The molecule has 0 N–H and O–H groups in total. The lowest BCUT2D eigenvalue weighted by Crippen LogP contribution is -2.30. The van der Waals surface area contributed by atoms with Gasteiger partial charge >= 0.3 is 0 Å². The predicted molar refractivity (Wildman–Crippen MR) is 121 cm³/mol. The summed E-state index contributed by atoms with van der Waals surface area (Å²) < 4.78 is 12.8. The molecule has 0 unspecified atom stereocenters. The number of amides is 1. The number of pyridine rings is 1. The van der Waals surface area contributed by atoms with Crippen LogP contribution in [0.5, 0.6) is 11.5 Å². The number of hydrogen-bond acceptors (Lipinski definition) is 5. The average Bonchev–Trinajstić information content (AvgIpc) is 3.36. The van der Waals surface area contributed by atoms with Gasteiger partial charge in [-0.2, -0.15) is 5.10 Å². The van der Waals surface area contributed by atoms with E-state index in [0.717, 1.165) is 39.2 Å². The molecule has 0 saturated heterocycles. The molecule has 1 aliphatic heterocycles. The van der Waals surface area contributed by atoms with Crippen molar-refractivity contribution in [1.29, 1.82) is 0 Å². The van der Waals surface area contributed by atoms with Crippen LogP contribution in [0.2, 0.25) is 0 Å². The van der Waals surface area contributed by atoms with E-state index in [-0.39, 0.29) is 12.7 Å². The first-order valence-electron chi connectivity index (χ1n) is 10.5. The van der Waals surface area contributed by atoms with Crippen LogP contribution in [0.1, 0.15) is 32.9 Å². The Morgan fingerprint density at radius 3 is 2.72 bits per heavy atom. The summed E-state index contributed by atoms with van der Waals surface area (Å²) in [6, 6.07) is 15.3. The van der Waals surface area contributed by atoms with Gasteiger partial charge in [-0.1, -0.05) is 12.1 Å². The lowest BCUT2D eigenvalue weighted by Gasteiger charge is -2.24. The molecule has 32 heavy (non-hydrogen) atoms. The number of aromatic nitrogens is 3. The molecule has 3 heterocycles. The number of benzene rings is 2. The van der Waals surface area contributed by atoms with Crippen molar-refractivity contribution in [3.8, 4) is 11.5 Å². The average molecular weight is 428 g/mol. The molecule has 0 atom stereocenters. The Kier molecular flexibility index (Phi) is 5.01. The second kappa shape index (κ2) is 8.00. The van der Waals surface area contributed by atoms with E-state index in [2.05, 4.69) is 10.1 Å². The Bertz CT molecular complexity index is 1330. The molecule has 5 rings (SSSR count). The van der Waals surface area contributed by atoms with Crippen LogP contribution in [0.3, 0.4) is 0 Å². The van der Waals surface area contributed by atoms with Crippen LogP contribution in [0.4, 0.5) is 0 Å². The first-order chi connectivity index (χ1) is 15.5. The summed E-state index contributed by atoms with van der Waals surface area (Å²) >= 11 is 0. The first kappa shape index (κ1) is 20.1. The van der Waals surface area contributed by atoms with Gasteiger partial charge in [0, 0.05) is 48.5 Å². The van der Waals surface area contributed by atoms with Gasteiger partial charge in [0.15, 0.2) is 11.5 Å². The van der Waals surface area contributed by atoms with E-state index in [4.69, 9.17) is 9.47 Å². The number of ether oxygens (including phenoxy) is 2. The molecule has 2 aromatic heterocycles. The van der Waals surface area contributed by atoms with Crippen LogP contribution in [0, 0.1) is 13.8 Å². The summed E-state index contributed by atoms with van der Waals surface area (Å²) in [5.74, 6) is 1.39. The third-order valence-electron chi connectivity index (χ3n) is 5.96. The van der Waals surface area contributed by atoms with E-state index in [1.807, 2.05) is 79.0 Å². The van der Waals surface area contributed by atoms with Crippen LogP contribution in [-0.2, 0) is 20.1 Å². The Balaban J connectivity index is 1.50. The monoisotopic (exact) mass is 428 g/mol. The minimum Gasteiger partial charge on any atom is -0.454 e. The van der Waals surface area contributed by atoms with E-state index in [9.17, 15) is 4.79 Å². The zero-order valence-electron chi connectivity index (χ0n) is 18.3. The standard InChI is InChI=1S/C25H24N4O3/c1-16-21(17(2)28(3)27-16)14-29(13-18-6-9-23-24(11-18)32-15-31-23)25(30)20-7-8-22-19(12-20)5-4-10-26-22/h4-12H,13-15H2,1-3H3. The molecule has 0 spiro atoms. The summed E-state index contributed by atoms with van der Waals surface area (Å²) in [5.41, 5.74) is 5.51. The van der Waals surface area contributed by atoms with Crippen molar-refractivity contribution in [2.24, 2.45) is 7.05 Å². The number of carbonyl (C=O) groups excluding carboxylic acids is 1. The third-order valence-corrected chi connectivity index (χ3v) is 5.96. The fourth-order valence-electron chi connectivity index (χ4n) is 4.09. The van der Waals surface area contributed by atoms with Crippen molar-refractivity contribution in [2.45, 2.75) is 26.9 Å². The van der Waals surface area contributed by atoms with Crippen LogP contribution < -0.4 is 9.47 Å². The lowest BCUT2D eigenvalue weighted by molar-refractivity contribution is 0.0729. The fourth-order valence-corrected chi connectivity index (χ4v) is 4.09. The van der Waals surface area contributed by atoms with Crippen LogP contribution in [-0.4, -0.2) is 32.4 Å². The molecule has 4 aromatic rings. The molecule has 0 aliphatic carbocycles. The molecule has 162 valence electrons. The van der Waals surface area contributed by atoms with Crippen molar-refractivity contribution in [3.63, 3.8) is 0 Å². The molecule has 0 saturated carbocycles. The first-order valence-corrected chi connectivity index (χ1v) is 10.5. The molecule has 7 nitrogen and oxygen atoms in total. The summed E-state index contributed by atoms with van der Waals surface area (Å²) in [6.07, 6.45) is 1.75. The molecule has 0 radical (unpaired) electrons. The zero-order chi connectivity index (χ0) is 22.2. The SMILES string of the molecule is Cc1nn(C)c(C)c1CN(Cc1ccc2c(c1)OCO2)C(=O)c1ccc2ncccc2c1. The summed E-state index contributed by atoms with van der Waals surface area (Å²) in [4.78, 5) is 19.9. The van der Waals surface area contributed by atoms with Crippen molar-refractivity contribution in [1.82, 2.24) is 19.7 Å². The minimum absolute atomic E-state index is 0.0453. The van der Waals surface area contributed by atoms with Gasteiger partial charge in [-0.25, -0.2) is 0 Å². The molecule has 1 aliphatic rings. The number of aryl methyl sites for hydroxylation is 2. The topological polar surface area (TPSA) is 69.5 Å². The summed E-state index contributed by atoms with van der Waals surface area (Å²) in [7, 11) is 1.92. The molecule has 0 bridgehead atoms. The maximum absolute atomic E-state index is 13.7. The zero-order valence-corrected chi connectivity index (χ0v) is 18.3. The highest BCUT2D eigenvalue weighted by Gasteiger charge is 2.22. The summed E-state index contributed by atoms with van der Waals surface area (Å²) in [6.45, 7) is 5.13. The number of fused-ring (bicyclic) bond motifs is 2. The normalized spacial score (nSPS) is 12.3. The second-order valence-corrected chi connectivity index (χ2v) is 8.03. The Morgan fingerprint density at radius 2 is 1.91 bits per heavy atom. The Labute approximate surface area is 186 Å². The molecule has 1 amide bonds. The molecular weight excluding hydrogens is 404 g/mol. The third kappa shape index (κ3) is 3.66. The largest absolute Gasteiger partial charge is 0.454 e. The van der Waals surface area contributed by atoms with Gasteiger partial charge in [0.05, 0.1) is 11.2 Å². The second-order valence-electron chi connectivity index (χ2n) is 8.03. The highest BCUT2D eigenvalue weighted by Crippen LogP contribution is 2.33. The highest BCUT2D eigenvalue weighted by atomic mass is 16.7. The minimum atomic E-state index is -0.0453. The maximum atomic E-state index is 13.7. The van der Waals surface area contributed by atoms with Crippen LogP contribution in [0.15, 0.2) is 54.7 Å². The van der Waals surface area contributed by atoms with E-state index >= 15 is 0 Å². The van der Waals surface area contributed by atoms with Gasteiger partial charge in [0.1, 0.15) is 0 Å².